The molecule has 0 fully saturated rings. The molecule has 3 rings (SSSR count). The molecule has 1 unspecified atom stereocenters. The second-order valence-electron chi connectivity index (χ2n) is 7.65. The Morgan fingerprint density at radius 3 is 2.39 bits per heavy atom. The normalized spacial score (nSPS) is 12.9. The summed E-state index contributed by atoms with van der Waals surface area (Å²) in [5, 5.41) is 11.0. The number of aliphatic carboxylic acids is 1. The van der Waals surface area contributed by atoms with Gasteiger partial charge in [0, 0.05) is 27.1 Å². The number of carboxylic acid groups (broad SMARTS) is 1. The Morgan fingerprint density at radius 1 is 1.11 bits per heavy atom. The van der Waals surface area contributed by atoms with E-state index < -0.39 is 17.7 Å². The second kappa shape index (κ2) is 7.94. The molecule has 5 heteroatoms. The van der Waals surface area contributed by atoms with Gasteiger partial charge in [0.2, 0.25) is 0 Å². The first kappa shape index (κ1) is 20.4. The Labute approximate surface area is 170 Å². The average molecular weight is 396 g/mol. The quantitative estimate of drug-likeness (QED) is 0.547. The fraction of sp³-hybridized carbons (Fsp3) is 0.304. The third kappa shape index (κ3) is 4.05. The van der Waals surface area contributed by atoms with Crippen molar-refractivity contribution in [2.45, 2.75) is 44.3 Å². The van der Waals surface area contributed by atoms with E-state index in [1.54, 1.807) is 11.8 Å². The minimum absolute atomic E-state index is 0.614. The van der Waals surface area contributed by atoms with Crippen LogP contribution >= 0.6 is 11.8 Å². The van der Waals surface area contributed by atoms with Crippen LogP contribution in [0.3, 0.4) is 0 Å². The van der Waals surface area contributed by atoms with Crippen LogP contribution in [0.25, 0.3) is 22.0 Å². The van der Waals surface area contributed by atoms with Crippen molar-refractivity contribution < 1.29 is 14.6 Å². The molecule has 1 heterocycles. The van der Waals surface area contributed by atoms with Gasteiger partial charge in [-0.05, 0) is 51.6 Å². The van der Waals surface area contributed by atoms with E-state index in [2.05, 4.69) is 6.07 Å². The maximum Gasteiger partial charge on any atom is 0.337 e. The number of benzene rings is 2. The Bertz CT molecular complexity index is 1020. The molecule has 146 valence electrons. The SMILES string of the molecule is CSc1ccccc1-c1c(C(OC(C)(C)C)C(=O)O)c(C)nc2ccccc12. The van der Waals surface area contributed by atoms with Crippen LogP contribution in [0.2, 0.25) is 0 Å². The maximum atomic E-state index is 12.2. The van der Waals surface area contributed by atoms with E-state index in [-0.39, 0.29) is 0 Å². The lowest BCUT2D eigenvalue weighted by molar-refractivity contribution is -0.160. The molecule has 1 aromatic heterocycles. The minimum atomic E-state index is -1.11. The molecule has 28 heavy (non-hydrogen) atoms. The molecule has 0 aliphatic rings. The summed E-state index contributed by atoms with van der Waals surface area (Å²) in [6.45, 7) is 7.45. The molecule has 2 aromatic carbocycles. The predicted molar refractivity (Wildman–Crippen MR) is 115 cm³/mol. The lowest BCUT2D eigenvalue weighted by Gasteiger charge is -2.28. The van der Waals surface area contributed by atoms with Crippen molar-refractivity contribution in [1.82, 2.24) is 4.98 Å². The number of fused-ring (bicyclic) bond motifs is 1. The molecular weight excluding hydrogens is 370 g/mol. The summed E-state index contributed by atoms with van der Waals surface area (Å²) < 4.78 is 6.00. The summed E-state index contributed by atoms with van der Waals surface area (Å²) in [6.07, 6.45) is 0.914. The van der Waals surface area contributed by atoms with E-state index in [1.807, 2.05) is 76.4 Å². The monoisotopic (exact) mass is 395 g/mol. The van der Waals surface area contributed by atoms with Crippen LogP contribution in [0.1, 0.15) is 38.1 Å². The standard InChI is InChI=1S/C23H25NO3S/c1-14-19(21(22(25)26)27-23(2,3)4)20(15-10-6-8-12-17(15)24-14)16-11-7-9-13-18(16)28-5/h6-13,21H,1-5H3,(H,25,26). The lowest BCUT2D eigenvalue weighted by atomic mass is 9.91. The number of pyridine rings is 1. The van der Waals surface area contributed by atoms with Crippen LogP contribution in [0.5, 0.6) is 0 Å². The highest BCUT2D eigenvalue weighted by Gasteiger charge is 2.32. The summed E-state index contributed by atoms with van der Waals surface area (Å²) in [6, 6.07) is 15.9. The molecule has 1 N–H and O–H groups in total. The lowest BCUT2D eigenvalue weighted by Crippen LogP contribution is -2.28. The van der Waals surface area contributed by atoms with Gasteiger partial charge < -0.3 is 9.84 Å². The summed E-state index contributed by atoms with van der Waals surface area (Å²) in [7, 11) is 0. The van der Waals surface area contributed by atoms with E-state index in [9.17, 15) is 9.90 Å². The van der Waals surface area contributed by atoms with Gasteiger partial charge in [0.15, 0.2) is 6.10 Å². The Morgan fingerprint density at radius 2 is 1.75 bits per heavy atom. The topological polar surface area (TPSA) is 59.4 Å². The second-order valence-corrected chi connectivity index (χ2v) is 8.50. The molecule has 4 nitrogen and oxygen atoms in total. The number of hydrogen-bond donors (Lipinski definition) is 1. The van der Waals surface area contributed by atoms with Crippen molar-refractivity contribution in [1.29, 1.82) is 0 Å². The maximum absolute atomic E-state index is 12.2. The smallest absolute Gasteiger partial charge is 0.337 e. The largest absolute Gasteiger partial charge is 0.479 e. The fourth-order valence-electron chi connectivity index (χ4n) is 3.40. The number of carboxylic acids is 1. The van der Waals surface area contributed by atoms with Crippen molar-refractivity contribution in [3.63, 3.8) is 0 Å². The van der Waals surface area contributed by atoms with E-state index in [0.717, 1.165) is 26.9 Å². The van der Waals surface area contributed by atoms with E-state index in [0.29, 0.717) is 11.3 Å². The Balaban J connectivity index is 2.42. The average Bonchev–Trinajstić information content (AvgIpc) is 2.64. The first-order chi connectivity index (χ1) is 13.2. The Kier molecular flexibility index (Phi) is 5.77. The van der Waals surface area contributed by atoms with Gasteiger partial charge in [-0.25, -0.2) is 4.79 Å². The van der Waals surface area contributed by atoms with Crippen molar-refractivity contribution in [2.24, 2.45) is 0 Å². The molecule has 0 bridgehead atoms. The van der Waals surface area contributed by atoms with Gasteiger partial charge in [-0.3, -0.25) is 4.98 Å². The summed E-state index contributed by atoms with van der Waals surface area (Å²) >= 11 is 1.64. The van der Waals surface area contributed by atoms with Gasteiger partial charge in [-0.1, -0.05) is 36.4 Å². The molecular formula is C23H25NO3S. The Hall–Kier alpha value is -2.37. The van der Waals surface area contributed by atoms with Crippen molar-refractivity contribution in [3.05, 3.63) is 59.8 Å². The number of para-hydroxylation sites is 1. The third-order valence-electron chi connectivity index (χ3n) is 4.45. The third-order valence-corrected chi connectivity index (χ3v) is 5.25. The highest BCUT2D eigenvalue weighted by atomic mass is 32.2. The number of nitrogens with zero attached hydrogens (tertiary/aromatic N) is 1. The van der Waals surface area contributed by atoms with Crippen molar-refractivity contribution in [2.75, 3.05) is 6.26 Å². The molecule has 0 aliphatic carbocycles. The van der Waals surface area contributed by atoms with Gasteiger partial charge in [-0.2, -0.15) is 0 Å². The van der Waals surface area contributed by atoms with Crippen LogP contribution in [-0.2, 0) is 9.53 Å². The molecule has 0 aliphatic heterocycles. The highest BCUT2D eigenvalue weighted by Crippen LogP contribution is 2.42. The molecule has 0 saturated carbocycles. The molecule has 1 atom stereocenters. The van der Waals surface area contributed by atoms with Gasteiger partial charge >= 0.3 is 5.97 Å². The zero-order valence-corrected chi connectivity index (χ0v) is 17.6. The van der Waals surface area contributed by atoms with Crippen molar-refractivity contribution in [3.8, 4) is 11.1 Å². The van der Waals surface area contributed by atoms with Crippen LogP contribution < -0.4 is 0 Å². The number of ether oxygens (including phenoxy) is 1. The molecule has 0 spiro atoms. The number of hydrogen-bond acceptors (Lipinski definition) is 4. The minimum Gasteiger partial charge on any atom is -0.479 e. The van der Waals surface area contributed by atoms with Gasteiger partial charge in [-0.15, -0.1) is 11.8 Å². The molecule has 0 saturated heterocycles. The zero-order chi connectivity index (χ0) is 20.5. The van der Waals surface area contributed by atoms with E-state index in [1.165, 1.54) is 0 Å². The van der Waals surface area contributed by atoms with Crippen LogP contribution in [-0.4, -0.2) is 27.9 Å². The summed E-state index contributed by atoms with van der Waals surface area (Å²) in [5.74, 6) is -1.02. The van der Waals surface area contributed by atoms with Gasteiger partial charge in [0.25, 0.3) is 0 Å². The van der Waals surface area contributed by atoms with Crippen LogP contribution in [0, 0.1) is 6.92 Å². The zero-order valence-electron chi connectivity index (χ0n) is 16.8. The number of aryl methyl sites for hydroxylation is 1. The number of rotatable bonds is 5. The number of thioether (sulfide) groups is 1. The first-order valence-corrected chi connectivity index (χ1v) is 10.4. The predicted octanol–water partition coefficient (Wildman–Crippen LogP) is 5.87. The van der Waals surface area contributed by atoms with Gasteiger partial charge in [0.05, 0.1) is 11.1 Å². The van der Waals surface area contributed by atoms with Gasteiger partial charge in [0.1, 0.15) is 0 Å². The van der Waals surface area contributed by atoms with Crippen LogP contribution in [0.15, 0.2) is 53.4 Å². The molecule has 0 amide bonds. The van der Waals surface area contributed by atoms with Crippen LogP contribution in [0.4, 0.5) is 0 Å². The van der Waals surface area contributed by atoms with E-state index in [4.69, 9.17) is 9.72 Å². The number of aromatic nitrogens is 1. The first-order valence-electron chi connectivity index (χ1n) is 9.16. The summed E-state index contributed by atoms with van der Waals surface area (Å²) in [4.78, 5) is 18.0. The van der Waals surface area contributed by atoms with Crippen molar-refractivity contribution >= 4 is 28.6 Å². The number of carbonyl (C=O) groups is 1. The fourth-order valence-corrected chi connectivity index (χ4v) is 4.00. The van der Waals surface area contributed by atoms with E-state index >= 15 is 0 Å². The summed E-state index contributed by atoms with van der Waals surface area (Å²) in [5.41, 5.74) is 3.39. The molecule has 0 radical (unpaired) electrons. The molecule has 3 aromatic rings. The highest BCUT2D eigenvalue weighted by molar-refractivity contribution is 7.98.